The van der Waals surface area contributed by atoms with Crippen LogP contribution in [0, 0.1) is 0 Å². The molecule has 0 unspecified atom stereocenters. The summed E-state index contributed by atoms with van der Waals surface area (Å²) in [7, 11) is 1.67. The molecule has 2 heterocycles. The van der Waals surface area contributed by atoms with Gasteiger partial charge in [-0.25, -0.2) is 0 Å². The fourth-order valence-corrected chi connectivity index (χ4v) is 4.71. The second-order valence-electron chi connectivity index (χ2n) is 10.2. The van der Waals surface area contributed by atoms with E-state index < -0.39 is 0 Å². The highest BCUT2D eigenvalue weighted by molar-refractivity contribution is 5.26. The predicted octanol–water partition coefficient (Wildman–Crippen LogP) is 5.06. The Morgan fingerprint density at radius 3 is 2.23 bits per heavy atom. The fourth-order valence-electron chi connectivity index (χ4n) is 4.71. The largest absolute Gasteiger partial charge is 0.497 e. The SMILES string of the molecule is COc1ccc(CO[C@H](CCOCc2ccccc2)CC[C@]2(C)O[C@@H]2CC[C@@]2(C)O[C@H]2CO)cc1. The fraction of sp³-hybridized carbons (Fsp3) is 0.586. The third-order valence-electron chi connectivity index (χ3n) is 7.44. The molecule has 1 N–H and O–H groups in total. The Morgan fingerprint density at radius 1 is 0.857 bits per heavy atom. The maximum Gasteiger partial charge on any atom is 0.118 e. The Labute approximate surface area is 209 Å². The lowest BCUT2D eigenvalue weighted by Gasteiger charge is -2.20. The topological polar surface area (TPSA) is 73.0 Å². The zero-order valence-electron chi connectivity index (χ0n) is 21.3. The Kier molecular flexibility index (Phi) is 8.84. The monoisotopic (exact) mass is 484 g/mol. The molecule has 2 fully saturated rings. The van der Waals surface area contributed by atoms with Gasteiger partial charge in [0, 0.05) is 6.61 Å². The van der Waals surface area contributed by atoms with Crippen LogP contribution in [0.1, 0.15) is 57.1 Å². The number of epoxide rings is 2. The van der Waals surface area contributed by atoms with Crippen molar-refractivity contribution >= 4 is 0 Å². The number of hydrogen-bond donors (Lipinski definition) is 1. The lowest BCUT2D eigenvalue weighted by molar-refractivity contribution is 0.000596. The molecular weight excluding hydrogens is 444 g/mol. The molecule has 5 atom stereocenters. The standard InChI is InChI=1S/C29H40O6/c1-28(26(34-28)14-17-29(2)27(19-30)35-29)16-13-25(15-18-32-20-22-7-5-4-6-8-22)33-21-23-9-11-24(31-3)12-10-23/h4-12,25-27,30H,13-21H2,1-3H3/t25-,26+,27-,28-,29+/m0/s1. The summed E-state index contributed by atoms with van der Waals surface area (Å²) in [5, 5.41) is 9.30. The molecule has 0 amide bonds. The van der Waals surface area contributed by atoms with Gasteiger partial charge in [0.05, 0.1) is 50.3 Å². The van der Waals surface area contributed by atoms with Crippen molar-refractivity contribution in [1.82, 2.24) is 0 Å². The first-order valence-electron chi connectivity index (χ1n) is 12.8. The number of aliphatic hydroxyl groups excluding tert-OH is 1. The Morgan fingerprint density at radius 2 is 1.54 bits per heavy atom. The number of benzene rings is 2. The first-order valence-corrected chi connectivity index (χ1v) is 12.8. The third-order valence-corrected chi connectivity index (χ3v) is 7.44. The number of ether oxygens (including phenoxy) is 5. The lowest BCUT2D eigenvalue weighted by Crippen LogP contribution is -2.21. The van der Waals surface area contributed by atoms with E-state index in [2.05, 4.69) is 26.0 Å². The van der Waals surface area contributed by atoms with Gasteiger partial charge in [0.15, 0.2) is 0 Å². The highest BCUT2D eigenvalue weighted by atomic mass is 16.6. The van der Waals surface area contributed by atoms with Crippen molar-refractivity contribution in [3.8, 4) is 5.75 Å². The highest BCUT2D eigenvalue weighted by Crippen LogP contribution is 2.47. The summed E-state index contributed by atoms with van der Waals surface area (Å²) in [6.07, 6.45) is 4.92. The van der Waals surface area contributed by atoms with Gasteiger partial charge in [-0.1, -0.05) is 42.5 Å². The van der Waals surface area contributed by atoms with Crippen molar-refractivity contribution < 1.29 is 28.8 Å². The minimum Gasteiger partial charge on any atom is -0.497 e. The van der Waals surface area contributed by atoms with E-state index >= 15 is 0 Å². The molecule has 2 aromatic rings. The molecule has 192 valence electrons. The van der Waals surface area contributed by atoms with Crippen molar-refractivity contribution in [3.05, 3.63) is 65.7 Å². The minimum atomic E-state index is -0.179. The number of rotatable bonds is 16. The zero-order chi connectivity index (χ0) is 24.7. The summed E-state index contributed by atoms with van der Waals surface area (Å²) in [5.41, 5.74) is 2.03. The molecule has 6 nitrogen and oxygen atoms in total. The normalized spacial score (nSPS) is 28.0. The van der Waals surface area contributed by atoms with Gasteiger partial charge in [-0.15, -0.1) is 0 Å². The van der Waals surface area contributed by atoms with Gasteiger partial charge >= 0.3 is 0 Å². The zero-order valence-corrected chi connectivity index (χ0v) is 21.3. The summed E-state index contributed by atoms with van der Waals surface area (Å²) in [5.74, 6) is 0.847. The van der Waals surface area contributed by atoms with Gasteiger partial charge in [-0.2, -0.15) is 0 Å². The Bertz CT molecular complexity index is 903. The Balaban J connectivity index is 1.23. The summed E-state index contributed by atoms with van der Waals surface area (Å²) < 4.78 is 29.3. The molecule has 4 rings (SSSR count). The van der Waals surface area contributed by atoms with Crippen molar-refractivity contribution in [2.45, 2.75) is 88.7 Å². The Hall–Kier alpha value is -1.96. The van der Waals surface area contributed by atoms with Crippen molar-refractivity contribution in [1.29, 1.82) is 0 Å². The highest BCUT2D eigenvalue weighted by Gasteiger charge is 2.56. The van der Waals surface area contributed by atoms with Crippen molar-refractivity contribution in [3.63, 3.8) is 0 Å². The van der Waals surface area contributed by atoms with Crippen molar-refractivity contribution in [2.75, 3.05) is 20.3 Å². The van der Waals surface area contributed by atoms with E-state index in [1.807, 2.05) is 42.5 Å². The molecule has 0 aromatic heterocycles. The van der Waals surface area contributed by atoms with E-state index in [1.54, 1.807) is 7.11 Å². The predicted molar refractivity (Wildman–Crippen MR) is 134 cm³/mol. The van der Waals surface area contributed by atoms with Crippen LogP contribution in [-0.4, -0.2) is 54.9 Å². The molecule has 0 aliphatic carbocycles. The number of aliphatic hydroxyl groups is 1. The van der Waals surface area contributed by atoms with Crippen LogP contribution in [0.4, 0.5) is 0 Å². The van der Waals surface area contributed by atoms with Crippen LogP contribution in [0.3, 0.4) is 0 Å². The van der Waals surface area contributed by atoms with Gasteiger partial charge in [-0.3, -0.25) is 0 Å². The molecule has 2 aromatic carbocycles. The van der Waals surface area contributed by atoms with Gasteiger partial charge in [0.2, 0.25) is 0 Å². The van der Waals surface area contributed by atoms with Gasteiger partial charge in [-0.05, 0) is 69.2 Å². The summed E-state index contributed by atoms with van der Waals surface area (Å²) >= 11 is 0. The maximum atomic E-state index is 9.30. The van der Waals surface area contributed by atoms with E-state index in [1.165, 1.54) is 5.56 Å². The summed E-state index contributed by atoms with van der Waals surface area (Å²) in [4.78, 5) is 0. The average Bonchev–Trinajstić information content (AvgIpc) is 3.76. The van der Waals surface area contributed by atoms with E-state index in [0.29, 0.717) is 19.8 Å². The first-order chi connectivity index (χ1) is 16.9. The maximum absolute atomic E-state index is 9.30. The van der Waals surface area contributed by atoms with Gasteiger partial charge in [0.1, 0.15) is 11.9 Å². The number of hydrogen-bond acceptors (Lipinski definition) is 6. The van der Waals surface area contributed by atoms with Crippen molar-refractivity contribution in [2.24, 2.45) is 0 Å². The van der Waals surface area contributed by atoms with Crippen LogP contribution in [-0.2, 0) is 32.2 Å². The molecule has 0 spiro atoms. The molecule has 2 aliphatic rings. The van der Waals surface area contributed by atoms with E-state index in [9.17, 15) is 5.11 Å². The van der Waals surface area contributed by atoms with Gasteiger partial charge in [0.25, 0.3) is 0 Å². The quantitative estimate of drug-likeness (QED) is 0.265. The molecular formula is C29H40O6. The molecule has 0 saturated carbocycles. The molecule has 35 heavy (non-hydrogen) atoms. The van der Waals surface area contributed by atoms with E-state index in [4.69, 9.17) is 23.7 Å². The second-order valence-corrected chi connectivity index (χ2v) is 10.2. The third kappa shape index (κ3) is 7.51. The average molecular weight is 485 g/mol. The van der Waals surface area contributed by atoms with Gasteiger partial charge < -0.3 is 28.8 Å². The van der Waals surface area contributed by atoms with Crippen LogP contribution >= 0.6 is 0 Å². The molecule has 0 radical (unpaired) electrons. The molecule has 2 aliphatic heterocycles. The van der Waals surface area contributed by atoms with Crippen LogP contribution < -0.4 is 4.74 Å². The van der Waals surface area contributed by atoms with Crippen LogP contribution in [0.5, 0.6) is 5.75 Å². The van der Waals surface area contributed by atoms with E-state index in [0.717, 1.165) is 43.4 Å². The van der Waals surface area contributed by atoms with Crippen LogP contribution in [0.2, 0.25) is 0 Å². The second kappa shape index (κ2) is 11.8. The minimum absolute atomic E-state index is 0.0147. The molecule has 6 heteroatoms. The summed E-state index contributed by atoms with van der Waals surface area (Å²) in [6, 6.07) is 18.3. The molecule has 2 saturated heterocycles. The summed E-state index contributed by atoms with van der Waals surface area (Å²) in [6.45, 7) is 6.20. The lowest BCUT2D eigenvalue weighted by atomic mass is 9.93. The first kappa shape index (κ1) is 26.1. The van der Waals surface area contributed by atoms with Crippen LogP contribution in [0.15, 0.2) is 54.6 Å². The smallest absolute Gasteiger partial charge is 0.118 e. The molecule has 0 bridgehead atoms. The van der Waals surface area contributed by atoms with Crippen LogP contribution in [0.25, 0.3) is 0 Å². The number of methoxy groups -OCH3 is 1. The van der Waals surface area contributed by atoms with E-state index in [-0.39, 0.29) is 36.1 Å².